The number of ether oxygens (including phenoxy) is 1. The van der Waals surface area contributed by atoms with E-state index >= 15 is 0 Å². The molecule has 25 heavy (non-hydrogen) atoms. The quantitative estimate of drug-likeness (QED) is 0.780. The van der Waals surface area contributed by atoms with E-state index in [4.69, 9.17) is 4.74 Å². The Balaban J connectivity index is 1.71. The number of aromatic amines is 1. The minimum Gasteiger partial charge on any atom is -0.487 e. The third-order valence-corrected chi connectivity index (χ3v) is 4.02. The summed E-state index contributed by atoms with van der Waals surface area (Å²) in [6.45, 7) is 2.24. The fraction of sp³-hybridized carbons (Fsp3) is 0.167. The Kier molecular flexibility index (Phi) is 3.68. The summed E-state index contributed by atoms with van der Waals surface area (Å²) in [4.78, 5) is 18.8. The van der Waals surface area contributed by atoms with Gasteiger partial charge in [0.15, 0.2) is 5.82 Å². The Hall–Kier alpha value is -3.22. The highest BCUT2D eigenvalue weighted by molar-refractivity contribution is 6.07. The summed E-state index contributed by atoms with van der Waals surface area (Å²) in [6.07, 6.45) is 1.19. The van der Waals surface area contributed by atoms with Crippen LogP contribution in [0.4, 0.5) is 10.1 Å². The maximum Gasteiger partial charge on any atom is 0.258 e. The van der Waals surface area contributed by atoms with Crippen LogP contribution in [0.3, 0.4) is 0 Å². The monoisotopic (exact) mass is 338 g/mol. The normalized spacial score (nSPS) is 16.2. The second-order valence-electron chi connectivity index (χ2n) is 5.87. The van der Waals surface area contributed by atoms with Crippen molar-refractivity contribution in [1.82, 2.24) is 15.2 Å². The number of rotatable bonds is 2. The van der Waals surface area contributed by atoms with Crippen molar-refractivity contribution in [1.29, 1.82) is 0 Å². The van der Waals surface area contributed by atoms with E-state index in [0.29, 0.717) is 29.4 Å². The zero-order valence-corrected chi connectivity index (χ0v) is 13.4. The van der Waals surface area contributed by atoms with E-state index in [1.807, 2.05) is 13.0 Å². The van der Waals surface area contributed by atoms with Crippen LogP contribution in [-0.2, 0) is 0 Å². The average molecular weight is 338 g/mol. The van der Waals surface area contributed by atoms with Crippen molar-refractivity contribution in [2.24, 2.45) is 0 Å². The molecular weight excluding hydrogens is 323 g/mol. The lowest BCUT2D eigenvalue weighted by atomic mass is 10.1. The van der Waals surface area contributed by atoms with Gasteiger partial charge < -0.3 is 9.64 Å². The van der Waals surface area contributed by atoms with Crippen LogP contribution >= 0.6 is 0 Å². The first-order chi connectivity index (χ1) is 12.1. The molecular formula is C18H15FN4O2. The lowest BCUT2D eigenvalue weighted by Crippen LogP contribution is -2.42. The molecule has 1 amide bonds. The van der Waals surface area contributed by atoms with Crippen LogP contribution in [0.1, 0.15) is 17.3 Å². The second-order valence-corrected chi connectivity index (χ2v) is 5.87. The Morgan fingerprint density at radius 1 is 1.32 bits per heavy atom. The topological polar surface area (TPSA) is 71.1 Å². The fourth-order valence-corrected chi connectivity index (χ4v) is 2.91. The molecule has 0 fully saturated rings. The molecule has 0 unspecified atom stereocenters. The van der Waals surface area contributed by atoms with Crippen LogP contribution in [0.15, 0.2) is 48.8 Å². The van der Waals surface area contributed by atoms with Crippen molar-refractivity contribution in [2.75, 3.05) is 11.4 Å². The number of hydrogen-bond acceptors (Lipinski definition) is 4. The van der Waals surface area contributed by atoms with Gasteiger partial charge in [-0.25, -0.2) is 9.37 Å². The third-order valence-electron chi connectivity index (χ3n) is 4.02. The van der Waals surface area contributed by atoms with Gasteiger partial charge in [0.1, 0.15) is 24.0 Å². The van der Waals surface area contributed by atoms with E-state index in [0.717, 1.165) is 5.56 Å². The highest BCUT2D eigenvalue weighted by atomic mass is 19.1. The van der Waals surface area contributed by atoms with E-state index in [1.54, 1.807) is 29.2 Å². The number of hydrogen-bond donors (Lipinski definition) is 1. The van der Waals surface area contributed by atoms with Gasteiger partial charge in [0, 0.05) is 17.2 Å². The van der Waals surface area contributed by atoms with E-state index in [-0.39, 0.29) is 12.0 Å². The number of carbonyl (C=O) groups is 1. The van der Waals surface area contributed by atoms with Crippen LogP contribution < -0.4 is 9.64 Å². The minimum atomic E-state index is -0.396. The van der Waals surface area contributed by atoms with Crippen molar-refractivity contribution in [3.8, 4) is 17.1 Å². The van der Waals surface area contributed by atoms with Gasteiger partial charge >= 0.3 is 0 Å². The molecule has 3 aromatic rings. The highest BCUT2D eigenvalue weighted by Crippen LogP contribution is 2.35. The number of H-pyrrole nitrogens is 1. The number of benzene rings is 2. The smallest absolute Gasteiger partial charge is 0.258 e. The van der Waals surface area contributed by atoms with Gasteiger partial charge in [-0.3, -0.25) is 9.89 Å². The standard InChI is InChI=1S/C18H15FN4O2/c1-11-9-23(15-6-5-14(19)8-16(15)25-11)18(24)13-4-2-3-12(7-13)17-20-10-21-22-17/h2-8,10-11H,9H2,1H3,(H,20,21,22)/t11-/m1/s1. The third kappa shape index (κ3) is 2.84. The Morgan fingerprint density at radius 3 is 3.00 bits per heavy atom. The first kappa shape index (κ1) is 15.3. The van der Waals surface area contributed by atoms with E-state index < -0.39 is 5.82 Å². The molecule has 0 radical (unpaired) electrons. The molecule has 1 N–H and O–H groups in total. The van der Waals surface area contributed by atoms with Gasteiger partial charge in [0.25, 0.3) is 5.91 Å². The average Bonchev–Trinajstić information content (AvgIpc) is 3.15. The Labute approximate surface area is 143 Å². The maximum atomic E-state index is 13.5. The van der Waals surface area contributed by atoms with Crippen molar-refractivity contribution in [3.63, 3.8) is 0 Å². The first-order valence-corrected chi connectivity index (χ1v) is 7.85. The molecule has 0 bridgehead atoms. The second kappa shape index (κ2) is 6.01. The van der Waals surface area contributed by atoms with E-state index in [9.17, 15) is 9.18 Å². The number of nitrogens with one attached hydrogen (secondary N) is 1. The molecule has 2 aromatic carbocycles. The summed E-state index contributed by atoms with van der Waals surface area (Å²) in [5.41, 5.74) is 1.84. The zero-order chi connectivity index (χ0) is 17.4. The Bertz CT molecular complexity index is 927. The van der Waals surface area contributed by atoms with Crippen LogP contribution in [0.25, 0.3) is 11.4 Å². The number of nitrogens with zero attached hydrogens (tertiary/aromatic N) is 3. The van der Waals surface area contributed by atoms with Gasteiger partial charge in [-0.15, -0.1) is 0 Å². The van der Waals surface area contributed by atoms with Crippen molar-refractivity contribution < 1.29 is 13.9 Å². The summed E-state index contributed by atoms with van der Waals surface area (Å²) >= 11 is 0. The number of anilines is 1. The molecule has 6 nitrogen and oxygen atoms in total. The number of halogens is 1. The van der Waals surface area contributed by atoms with E-state index in [2.05, 4.69) is 15.2 Å². The number of carbonyl (C=O) groups excluding carboxylic acids is 1. The maximum absolute atomic E-state index is 13.5. The summed E-state index contributed by atoms with van der Waals surface area (Å²) in [7, 11) is 0. The SMILES string of the molecule is C[C@@H]1CN(C(=O)c2cccc(-c3ncn[nH]3)c2)c2ccc(F)cc2O1. The van der Waals surface area contributed by atoms with Crippen molar-refractivity contribution in [3.05, 3.63) is 60.2 Å². The molecule has 1 aromatic heterocycles. The van der Waals surface area contributed by atoms with Gasteiger partial charge in [0.2, 0.25) is 0 Å². The molecule has 126 valence electrons. The lowest BCUT2D eigenvalue weighted by molar-refractivity contribution is 0.0961. The van der Waals surface area contributed by atoms with Gasteiger partial charge in [-0.1, -0.05) is 12.1 Å². The molecule has 0 aliphatic carbocycles. The van der Waals surface area contributed by atoms with E-state index in [1.165, 1.54) is 18.5 Å². The number of amides is 1. The van der Waals surface area contributed by atoms with Crippen LogP contribution in [0.2, 0.25) is 0 Å². The summed E-state index contributed by atoms with van der Waals surface area (Å²) in [5.74, 6) is 0.392. The van der Waals surface area contributed by atoms with Crippen molar-refractivity contribution in [2.45, 2.75) is 13.0 Å². The van der Waals surface area contributed by atoms with Crippen LogP contribution in [0, 0.1) is 5.82 Å². The largest absolute Gasteiger partial charge is 0.487 e. The lowest BCUT2D eigenvalue weighted by Gasteiger charge is -2.33. The predicted octanol–water partition coefficient (Wildman–Crippen LogP) is 3.04. The number of fused-ring (bicyclic) bond motifs is 1. The summed E-state index contributed by atoms with van der Waals surface area (Å²) < 4.78 is 19.1. The summed E-state index contributed by atoms with van der Waals surface area (Å²) in [6, 6.07) is 11.3. The molecule has 1 atom stereocenters. The first-order valence-electron chi connectivity index (χ1n) is 7.85. The van der Waals surface area contributed by atoms with Crippen molar-refractivity contribution >= 4 is 11.6 Å². The van der Waals surface area contributed by atoms with Gasteiger partial charge in [0.05, 0.1) is 12.2 Å². The molecule has 0 spiro atoms. The molecule has 1 aliphatic rings. The molecule has 0 saturated carbocycles. The summed E-state index contributed by atoms with van der Waals surface area (Å²) in [5, 5.41) is 6.61. The van der Waals surface area contributed by atoms with Gasteiger partial charge in [-0.2, -0.15) is 5.10 Å². The molecule has 2 heterocycles. The number of aromatic nitrogens is 3. The van der Waals surface area contributed by atoms with Gasteiger partial charge in [-0.05, 0) is 31.2 Å². The molecule has 1 aliphatic heterocycles. The Morgan fingerprint density at radius 2 is 2.20 bits per heavy atom. The predicted molar refractivity (Wildman–Crippen MR) is 90.0 cm³/mol. The molecule has 7 heteroatoms. The van der Waals surface area contributed by atoms with Crippen LogP contribution in [-0.4, -0.2) is 33.7 Å². The van der Waals surface area contributed by atoms with Crippen LogP contribution in [0.5, 0.6) is 5.75 Å². The molecule has 4 rings (SSSR count). The minimum absolute atomic E-state index is 0.177. The fourth-order valence-electron chi connectivity index (χ4n) is 2.91. The highest BCUT2D eigenvalue weighted by Gasteiger charge is 2.28. The molecule has 0 saturated heterocycles. The zero-order valence-electron chi connectivity index (χ0n) is 13.4.